The zero-order valence-corrected chi connectivity index (χ0v) is 16.0. The summed E-state index contributed by atoms with van der Waals surface area (Å²) in [7, 11) is 1.61. The molecule has 0 aliphatic heterocycles. The van der Waals surface area contributed by atoms with Crippen molar-refractivity contribution >= 4 is 28.8 Å². The van der Waals surface area contributed by atoms with Crippen LogP contribution < -0.4 is 10.1 Å². The van der Waals surface area contributed by atoms with E-state index in [2.05, 4.69) is 10.5 Å². The number of fused-ring (bicyclic) bond motifs is 2. The molecule has 2 aromatic heterocycles. The van der Waals surface area contributed by atoms with Crippen LogP contribution >= 0.6 is 11.3 Å². The van der Waals surface area contributed by atoms with Crippen molar-refractivity contribution in [2.24, 2.45) is 0 Å². The third-order valence-corrected chi connectivity index (χ3v) is 5.69. The van der Waals surface area contributed by atoms with Gasteiger partial charge in [0.05, 0.1) is 28.1 Å². The molecule has 0 bridgehead atoms. The maximum atomic E-state index is 12.6. The van der Waals surface area contributed by atoms with Gasteiger partial charge in [-0.3, -0.25) is 14.4 Å². The van der Waals surface area contributed by atoms with Gasteiger partial charge in [-0.2, -0.15) is 0 Å². The fraction of sp³-hybridized carbons (Fsp3) is 0.200. The highest BCUT2D eigenvalue weighted by Gasteiger charge is 2.38. The average molecular weight is 396 g/mol. The lowest BCUT2D eigenvalue weighted by Crippen LogP contribution is -2.24. The molecule has 0 radical (unpaired) electrons. The third kappa shape index (κ3) is 3.01. The summed E-state index contributed by atoms with van der Waals surface area (Å²) in [5, 5.41) is 6.52. The second kappa shape index (κ2) is 7.05. The van der Waals surface area contributed by atoms with Gasteiger partial charge in [-0.1, -0.05) is 17.3 Å². The number of thiophene rings is 1. The molecule has 1 N–H and O–H groups in total. The highest BCUT2D eigenvalue weighted by molar-refractivity contribution is 7.16. The molecule has 3 aromatic rings. The molecule has 2 heterocycles. The smallest absolute Gasteiger partial charge is 0.261 e. The summed E-state index contributed by atoms with van der Waals surface area (Å²) in [5.74, 6) is -0.348. The van der Waals surface area contributed by atoms with Crippen LogP contribution in [-0.4, -0.2) is 36.3 Å². The third-order valence-electron chi connectivity index (χ3n) is 4.56. The van der Waals surface area contributed by atoms with Gasteiger partial charge in [0.1, 0.15) is 5.75 Å². The highest BCUT2D eigenvalue weighted by atomic mass is 32.1. The van der Waals surface area contributed by atoms with Crippen molar-refractivity contribution in [3.05, 3.63) is 68.2 Å². The predicted octanol–water partition coefficient (Wildman–Crippen LogP) is 2.80. The molecule has 0 saturated heterocycles. The SMILES string of the molecule is COc1ccc(CCNC(=O)c2cc3c(s2)C(=O)c2c(C)noc2C3=O)cc1. The number of hydrogen-bond acceptors (Lipinski definition) is 7. The first-order valence-electron chi connectivity index (χ1n) is 8.60. The number of benzene rings is 1. The maximum Gasteiger partial charge on any atom is 0.261 e. The topological polar surface area (TPSA) is 98.5 Å². The van der Waals surface area contributed by atoms with E-state index in [0.717, 1.165) is 22.6 Å². The van der Waals surface area contributed by atoms with Gasteiger partial charge in [-0.25, -0.2) is 0 Å². The largest absolute Gasteiger partial charge is 0.497 e. The molecule has 1 aliphatic rings. The number of aryl methyl sites for hydroxylation is 1. The van der Waals surface area contributed by atoms with E-state index in [1.807, 2.05) is 24.3 Å². The number of methoxy groups -OCH3 is 1. The molecule has 8 heteroatoms. The first kappa shape index (κ1) is 18.1. The van der Waals surface area contributed by atoms with E-state index in [4.69, 9.17) is 9.26 Å². The summed E-state index contributed by atoms with van der Waals surface area (Å²) < 4.78 is 10.1. The van der Waals surface area contributed by atoms with Crippen molar-refractivity contribution in [1.82, 2.24) is 10.5 Å². The van der Waals surface area contributed by atoms with Crippen molar-refractivity contribution in [1.29, 1.82) is 0 Å². The van der Waals surface area contributed by atoms with Crippen LogP contribution in [0.3, 0.4) is 0 Å². The number of carbonyl (C=O) groups excluding carboxylic acids is 3. The normalized spacial score (nSPS) is 12.5. The Bertz CT molecular complexity index is 1090. The Morgan fingerprint density at radius 2 is 1.96 bits per heavy atom. The van der Waals surface area contributed by atoms with Crippen molar-refractivity contribution in [2.75, 3.05) is 13.7 Å². The molecule has 28 heavy (non-hydrogen) atoms. The monoisotopic (exact) mass is 396 g/mol. The quantitative estimate of drug-likeness (QED) is 0.557. The van der Waals surface area contributed by atoms with E-state index in [1.165, 1.54) is 6.07 Å². The number of nitrogens with zero attached hydrogens (tertiary/aromatic N) is 1. The molecule has 1 amide bonds. The molecule has 0 saturated carbocycles. The minimum absolute atomic E-state index is 0.0562. The van der Waals surface area contributed by atoms with E-state index in [1.54, 1.807) is 14.0 Å². The van der Waals surface area contributed by atoms with Crippen LogP contribution in [0.15, 0.2) is 34.9 Å². The van der Waals surface area contributed by atoms with Crippen molar-refractivity contribution in [3.8, 4) is 5.75 Å². The zero-order valence-electron chi connectivity index (χ0n) is 15.2. The number of rotatable bonds is 5. The van der Waals surface area contributed by atoms with Crippen LogP contribution in [0.4, 0.5) is 0 Å². The molecule has 0 fully saturated rings. The number of ether oxygens (including phenoxy) is 1. The fourth-order valence-electron chi connectivity index (χ4n) is 3.07. The van der Waals surface area contributed by atoms with Crippen LogP contribution in [0.25, 0.3) is 0 Å². The molecule has 0 unspecified atom stereocenters. The Labute approximate surface area is 164 Å². The van der Waals surface area contributed by atoms with E-state index >= 15 is 0 Å². The maximum absolute atomic E-state index is 12.6. The van der Waals surface area contributed by atoms with Gasteiger partial charge in [-0.15, -0.1) is 11.3 Å². The molecular weight excluding hydrogens is 380 g/mol. The Morgan fingerprint density at radius 3 is 2.68 bits per heavy atom. The van der Waals surface area contributed by atoms with E-state index in [-0.39, 0.29) is 33.5 Å². The zero-order chi connectivity index (χ0) is 19.8. The number of carbonyl (C=O) groups is 3. The van der Waals surface area contributed by atoms with Crippen LogP contribution in [0.2, 0.25) is 0 Å². The van der Waals surface area contributed by atoms with Crippen LogP contribution in [0, 0.1) is 6.92 Å². The lowest BCUT2D eigenvalue weighted by Gasteiger charge is -2.07. The predicted molar refractivity (Wildman–Crippen MR) is 101 cm³/mol. The number of amides is 1. The lowest BCUT2D eigenvalue weighted by molar-refractivity contribution is 0.0955. The van der Waals surface area contributed by atoms with Gasteiger partial charge in [0.2, 0.25) is 17.3 Å². The summed E-state index contributed by atoms with van der Waals surface area (Å²) in [5.41, 5.74) is 1.81. The molecular formula is C20H16N2O5S. The number of nitrogens with one attached hydrogen (secondary N) is 1. The average Bonchev–Trinajstić information content (AvgIpc) is 3.32. The first-order valence-corrected chi connectivity index (χ1v) is 9.42. The molecule has 4 rings (SSSR count). The Morgan fingerprint density at radius 1 is 1.21 bits per heavy atom. The molecule has 7 nitrogen and oxygen atoms in total. The Kier molecular flexibility index (Phi) is 4.56. The van der Waals surface area contributed by atoms with Gasteiger partial charge < -0.3 is 14.6 Å². The van der Waals surface area contributed by atoms with Crippen molar-refractivity contribution in [2.45, 2.75) is 13.3 Å². The number of ketones is 2. The summed E-state index contributed by atoms with van der Waals surface area (Å²) in [6.07, 6.45) is 0.651. The van der Waals surface area contributed by atoms with E-state index in [9.17, 15) is 14.4 Å². The van der Waals surface area contributed by atoms with Gasteiger partial charge in [-0.05, 0) is 37.1 Å². The van der Waals surface area contributed by atoms with E-state index < -0.39 is 5.78 Å². The lowest BCUT2D eigenvalue weighted by atomic mass is 9.93. The number of hydrogen-bond donors (Lipinski definition) is 1. The molecule has 0 atom stereocenters. The molecule has 142 valence electrons. The van der Waals surface area contributed by atoms with Crippen molar-refractivity contribution < 1.29 is 23.6 Å². The standard InChI is InChI=1S/C20H16N2O5S/c1-10-15-17(24)19-13(16(23)18(15)27-22-10)9-14(28-19)20(25)21-8-7-11-3-5-12(26-2)6-4-11/h3-6,9H,7-8H2,1-2H3,(H,21,25). The van der Waals surface area contributed by atoms with Gasteiger partial charge in [0.15, 0.2) is 0 Å². The van der Waals surface area contributed by atoms with Crippen LogP contribution in [0.1, 0.15) is 52.3 Å². The van der Waals surface area contributed by atoms with E-state index in [0.29, 0.717) is 23.5 Å². The second-order valence-electron chi connectivity index (χ2n) is 6.34. The van der Waals surface area contributed by atoms with Crippen LogP contribution in [-0.2, 0) is 6.42 Å². The highest BCUT2D eigenvalue weighted by Crippen LogP contribution is 2.34. The fourth-order valence-corrected chi connectivity index (χ4v) is 4.09. The van der Waals surface area contributed by atoms with Gasteiger partial charge >= 0.3 is 0 Å². The van der Waals surface area contributed by atoms with Crippen molar-refractivity contribution in [3.63, 3.8) is 0 Å². The van der Waals surface area contributed by atoms with Gasteiger partial charge in [0.25, 0.3) is 5.91 Å². The molecule has 1 aliphatic carbocycles. The Hall–Kier alpha value is -3.26. The Balaban J connectivity index is 1.46. The second-order valence-corrected chi connectivity index (χ2v) is 7.39. The summed E-state index contributed by atoms with van der Waals surface area (Å²) >= 11 is 1.01. The first-order chi connectivity index (χ1) is 13.5. The van der Waals surface area contributed by atoms with Crippen LogP contribution in [0.5, 0.6) is 5.75 Å². The molecule has 0 spiro atoms. The van der Waals surface area contributed by atoms with Gasteiger partial charge in [0, 0.05) is 12.1 Å². The number of aromatic nitrogens is 1. The minimum atomic E-state index is -0.418. The minimum Gasteiger partial charge on any atom is -0.497 e. The summed E-state index contributed by atoms with van der Waals surface area (Å²) in [6, 6.07) is 9.04. The molecule has 1 aromatic carbocycles. The summed E-state index contributed by atoms with van der Waals surface area (Å²) in [6.45, 7) is 2.04. The summed E-state index contributed by atoms with van der Waals surface area (Å²) in [4.78, 5) is 38.2.